The minimum atomic E-state index is -3.38. The lowest BCUT2D eigenvalue weighted by molar-refractivity contribution is 0.0729. The second kappa shape index (κ2) is 9.80. The molecule has 4 rings (SSSR count). The van der Waals surface area contributed by atoms with Crippen molar-refractivity contribution in [1.29, 1.82) is 0 Å². The molecule has 1 saturated heterocycles. The molecule has 0 saturated carbocycles. The Labute approximate surface area is 184 Å². The Morgan fingerprint density at radius 3 is 2.52 bits per heavy atom. The number of hydrogen-bond donors (Lipinski definition) is 1. The monoisotopic (exact) mass is 442 g/mol. The summed E-state index contributed by atoms with van der Waals surface area (Å²) in [5, 5.41) is 3.39. The van der Waals surface area contributed by atoms with E-state index in [9.17, 15) is 8.42 Å². The molecule has 2 heterocycles. The fraction of sp³-hybridized carbons (Fsp3) is 0.435. The molecular formula is C23H30N4O3S. The Hall–Kier alpha value is -2.42. The third-order valence-corrected chi connectivity index (χ3v) is 7.52. The third-order valence-electron chi connectivity index (χ3n) is 5.70. The van der Waals surface area contributed by atoms with Crippen LogP contribution in [-0.4, -0.2) is 58.1 Å². The highest BCUT2D eigenvalue weighted by Crippen LogP contribution is 2.27. The van der Waals surface area contributed by atoms with Crippen molar-refractivity contribution in [3.8, 4) is 0 Å². The van der Waals surface area contributed by atoms with Crippen LogP contribution in [0.5, 0.6) is 0 Å². The predicted molar refractivity (Wildman–Crippen MR) is 124 cm³/mol. The molecule has 1 fully saturated rings. The number of nitrogens with one attached hydrogen (secondary N) is 1. The van der Waals surface area contributed by atoms with Crippen molar-refractivity contribution < 1.29 is 13.2 Å². The first-order valence-corrected chi connectivity index (χ1v) is 12.5. The highest BCUT2D eigenvalue weighted by atomic mass is 32.2. The van der Waals surface area contributed by atoms with Crippen LogP contribution in [0.4, 0.5) is 5.69 Å². The van der Waals surface area contributed by atoms with Crippen molar-refractivity contribution >= 4 is 21.7 Å². The molecule has 8 heteroatoms. The van der Waals surface area contributed by atoms with E-state index in [0.717, 1.165) is 36.6 Å². The van der Waals surface area contributed by atoms with Crippen molar-refractivity contribution in [2.75, 3.05) is 44.3 Å². The van der Waals surface area contributed by atoms with E-state index in [4.69, 9.17) is 9.73 Å². The third kappa shape index (κ3) is 5.08. The van der Waals surface area contributed by atoms with E-state index in [1.54, 1.807) is 0 Å². The maximum atomic E-state index is 12.9. The van der Waals surface area contributed by atoms with Gasteiger partial charge in [-0.25, -0.2) is 13.4 Å². The summed E-state index contributed by atoms with van der Waals surface area (Å²) in [5.41, 5.74) is 4.24. The first-order chi connectivity index (χ1) is 15.1. The van der Waals surface area contributed by atoms with E-state index in [2.05, 4.69) is 35.3 Å². The average molecular weight is 443 g/mol. The van der Waals surface area contributed by atoms with E-state index in [1.165, 1.54) is 15.6 Å². The van der Waals surface area contributed by atoms with Crippen LogP contribution in [0.1, 0.15) is 23.6 Å². The van der Waals surface area contributed by atoms with Gasteiger partial charge < -0.3 is 15.0 Å². The van der Waals surface area contributed by atoms with Gasteiger partial charge in [0.1, 0.15) is 0 Å². The van der Waals surface area contributed by atoms with Crippen LogP contribution in [0.3, 0.4) is 0 Å². The minimum absolute atomic E-state index is 0.0121. The van der Waals surface area contributed by atoms with E-state index < -0.39 is 10.0 Å². The van der Waals surface area contributed by atoms with E-state index in [-0.39, 0.29) is 5.75 Å². The number of guanidine groups is 1. The Bertz CT molecular complexity index is 1030. The predicted octanol–water partition coefficient (Wildman–Crippen LogP) is 2.38. The SMILES string of the molecule is CCNC(=NCc1ccccc1CS(=O)(=O)N1CCOCC1)N1CCc2ccccc21. The molecule has 0 bridgehead atoms. The van der Waals surface area contributed by atoms with Gasteiger partial charge in [-0.2, -0.15) is 4.31 Å². The van der Waals surface area contributed by atoms with Crippen LogP contribution in [0, 0.1) is 0 Å². The van der Waals surface area contributed by atoms with Crippen LogP contribution in [0.25, 0.3) is 0 Å². The van der Waals surface area contributed by atoms with Gasteiger partial charge in [-0.3, -0.25) is 0 Å². The van der Waals surface area contributed by atoms with Gasteiger partial charge >= 0.3 is 0 Å². The second-order valence-electron chi connectivity index (χ2n) is 7.74. The number of morpholine rings is 1. The van der Waals surface area contributed by atoms with Gasteiger partial charge in [0.05, 0.1) is 25.5 Å². The molecule has 0 spiro atoms. The summed E-state index contributed by atoms with van der Waals surface area (Å²) in [5.74, 6) is 0.820. The fourth-order valence-corrected chi connectivity index (χ4v) is 5.64. The van der Waals surface area contributed by atoms with Crippen molar-refractivity contribution in [3.63, 3.8) is 0 Å². The normalized spacial score (nSPS) is 17.6. The van der Waals surface area contributed by atoms with E-state index in [0.29, 0.717) is 32.8 Å². The van der Waals surface area contributed by atoms with Crippen molar-refractivity contribution in [2.24, 2.45) is 4.99 Å². The Morgan fingerprint density at radius 2 is 1.74 bits per heavy atom. The first-order valence-electron chi connectivity index (χ1n) is 10.8. The number of fused-ring (bicyclic) bond motifs is 1. The molecule has 0 aliphatic carbocycles. The van der Waals surface area contributed by atoms with Crippen molar-refractivity contribution in [2.45, 2.75) is 25.6 Å². The number of sulfonamides is 1. The Kier molecular flexibility index (Phi) is 6.89. The number of hydrogen-bond acceptors (Lipinski definition) is 4. The van der Waals surface area contributed by atoms with E-state index in [1.807, 2.05) is 30.3 Å². The highest BCUT2D eigenvalue weighted by Gasteiger charge is 2.26. The molecular weight excluding hydrogens is 412 g/mol. The molecule has 0 unspecified atom stereocenters. The van der Waals surface area contributed by atoms with Crippen LogP contribution in [0.2, 0.25) is 0 Å². The smallest absolute Gasteiger partial charge is 0.218 e. The number of anilines is 1. The first kappa shape index (κ1) is 21.8. The van der Waals surface area contributed by atoms with Gasteiger partial charge in [0, 0.05) is 31.9 Å². The lowest BCUT2D eigenvalue weighted by Gasteiger charge is -2.26. The standard InChI is InChI=1S/C23H30N4O3S/c1-2-24-23(27-12-11-19-7-5-6-10-22(19)27)25-17-20-8-3-4-9-21(20)18-31(28,29)26-13-15-30-16-14-26/h3-10H,2,11-18H2,1H3,(H,24,25). The van der Waals surface area contributed by atoms with Gasteiger partial charge in [0.15, 0.2) is 5.96 Å². The van der Waals surface area contributed by atoms with Gasteiger partial charge in [-0.1, -0.05) is 42.5 Å². The summed E-state index contributed by atoms with van der Waals surface area (Å²) in [6.45, 7) is 5.88. The summed E-state index contributed by atoms with van der Waals surface area (Å²) in [4.78, 5) is 7.09. The Balaban J connectivity index is 1.54. The van der Waals surface area contributed by atoms with Gasteiger partial charge in [-0.15, -0.1) is 0 Å². The van der Waals surface area contributed by atoms with Crippen molar-refractivity contribution in [1.82, 2.24) is 9.62 Å². The largest absolute Gasteiger partial charge is 0.379 e. The molecule has 31 heavy (non-hydrogen) atoms. The summed E-state index contributed by atoms with van der Waals surface area (Å²) in [6, 6.07) is 16.1. The quantitative estimate of drug-likeness (QED) is 0.549. The zero-order valence-corrected chi connectivity index (χ0v) is 18.8. The van der Waals surface area contributed by atoms with Gasteiger partial charge in [-0.05, 0) is 36.1 Å². The van der Waals surface area contributed by atoms with Crippen LogP contribution in [0.15, 0.2) is 53.5 Å². The van der Waals surface area contributed by atoms with E-state index >= 15 is 0 Å². The molecule has 0 atom stereocenters. The number of rotatable bonds is 6. The lowest BCUT2D eigenvalue weighted by Crippen LogP contribution is -2.41. The van der Waals surface area contributed by atoms with Crippen LogP contribution in [-0.2, 0) is 33.5 Å². The fourth-order valence-electron chi connectivity index (χ4n) is 4.08. The molecule has 166 valence electrons. The molecule has 0 radical (unpaired) electrons. The second-order valence-corrected chi connectivity index (χ2v) is 9.71. The maximum absolute atomic E-state index is 12.9. The molecule has 2 aromatic rings. The van der Waals surface area contributed by atoms with Crippen LogP contribution >= 0.6 is 0 Å². The Morgan fingerprint density at radius 1 is 1.03 bits per heavy atom. The zero-order chi connectivity index (χ0) is 21.7. The average Bonchev–Trinajstić information content (AvgIpc) is 3.22. The molecule has 0 amide bonds. The summed E-state index contributed by atoms with van der Waals surface area (Å²) in [7, 11) is -3.38. The zero-order valence-electron chi connectivity index (χ0n) is 18.0. The number of nitrogens with zero attached hydrogens (tertiary/aromatic N) is 3. The molecule has 7 nitrogen and oxygen atoms in total. The number of ether oxygens (including phenoxy) is 1. The van der Waals surface area contributed by atoms with Gasteiger partial charge in [0.25, 0.3) is 0 Å². The summed E-state index contributed by atoms with van der Waals surface area (Å²) in [6.07, 6.45) is 0.995. The minimum Gasteiger partial charge on any atom is -0.379 e. The molecule has 2 aliphatic heterocycles. The van der Waals surface area contributed by atoms with Gasteiger partial charge in [0.2, 0.25) is 10.0 Å². The summed E-state index contributed by atoms with van der Waals surface area (Å²) >= 11 is 0. The highest BCUT2D eigenvalue weighted by molar-refractivity contribution is 7.88. The van der Waals surface area contributed by atoms with Crippen LogP contribution < -0.4 is 10.2 Å². The number of aliphatic imine (C=N–C) groups is 1. The molecule has 2 aliphatic rings. The topological polar surface area (TPSA) is 74.2 Å². The molecule has 0 aromatic heterocycles. The number of benzene rings is 2. The van der Waals surface area contributed by atoms with Crippen molar-refractivity contribution in [3.05, 3.63) is 65.2 Å². The maximum Gasteiger partial charge on any atom is 0.218 e. The molecule has 1 N–H and O–H groups in total. The number of para-hydroxylation sites is 1. The summed E-state index contributed by atoms with van der Waals surface area (Å²) < 4.78 is 32.6. The lowest BCUT2D eigenvalue weighted by atomic mass is 10.1. The molecule has 2 aromatic carbocycles.